The number of benzene rings is 1. The second-order valence-electron chi connectivity index (χ2n) is 9.26. The van der Waals surface area contributed by atoms with Gasteiger partial charge in [-0.05, 0) is 86.4 Å². The minimum atomic E-state index is 0.548. The van der Waals surface area contributed by atoms with Gasteiger partial charge in [0.1, 0.15) is 11.9 Å². The molecule has 5 heteroatoms. The van der Waals surface area contributed by atoms with Crippen molar-refractivity contribution in [1.29, 1.82) is 5.26 Å². The minimum absolute atomic E-state index is 0.548. The summed E-state index contributed by atoms with van der Waals surface area (Å²) in [5.74, 6) is 1.63. The zero-order chi connectivity index (χ0) is 23.5. The summed E-state index contributed by atoms with van der Waals surface area (Å²) in [5.41, 5.74) is 4.91. The lowest BCUT2D eigenvalue weighted by molar-refractivity contribution is 0.520. The Morgan fingerprint density at radius 2 is 2.12 bits per heavy atom. The molecule has 1 unspecified atom stereocenters. The van der Waals surface area contributed by atoms with Crippen LogP contribution in [0.15, 0.2) is 72.5 Å². The van der Waals surface area contributed by atoms with Gasteiger partial charge in [0.15, 0.2) is 0 Å². The lowest BCUT2D eigenvalue weighted by Gasteiger charge is -2.14. The van der Waals surface area contributed by atoms with Gasteiger partial charge in [0, 0.05) is 29.2 Å². The van der Waals surface area contributed by atoms with Gasteiger partial charge < -0.3 is 5.32 Å². The van der Waals surface area contributed by atoms with Gasteiger partial charge in [0.05, 0.1) is 16.8 Å². The summed E-state index contributed by atoms with van der Waals surface area (Å²) in [6.45, 7) is 3.13. The minimum Gasteiger partial charge on any atom is -0.310 e. The van der Waals surface area contributed by atoms with Crippen molar-refractivity contribution in [1.82, 2.24) is 14.9 Å². The third kappa shape index (κ3) is 4.73. The molecule has 2 heterocycles. The lowest BCUT2D eigenvalue weighted by Crippen LogP contribution is -2.29. The molecular weight excluding hydrogens is 440 g/mol. The highest BCUT2D eigenvalue weighted by Gasteiger charge is 2.27. The normalized spacial score (nSPS) is 17.3. The number of nitrogens with zero attached hydrogens (tertiary/aromatic N) is 3. The van der Waals surface area contributed by atoms with Gasteiger partial charge in [-0.2, -0.15) is 5.26 Å². The van der Waals surface area contributed by atoms with Gasteiger partial charge in [-0.25, -0.2) is 4.98 Å². The van der Waals surface area contributed by atoms with Gasteiger partial charge >= 0.3 is 0 Å². The van der Waals surface area contributed by atoms with E-state index in [2.05, 4.69) is 52.2 Å². The summed E-state index contributed by atoms with van der Waals surface area (Å²) in [6.07, 6.45) is 16.3. The Morgan fingerprint density at radius 3 is 2.88 bits per heavy atom. The molecule has 5 rings (SSSR count). The Bertz CT molecular complexity index is 1320. The zero-order valence-corrected chi connectivity index (χ0v) is 20.2. The van der Waals surface area contributed by atoms with E-state index in [0.717, 1.165) is 59.7 Å². The quantitative estimate of drug-likeness (QED) is 0.424. The molecule has 0 aliphatic heterocycles. The number of halogens is 1. The van der Waals surface area contributed by atoms with Crippen LogP contribution in [0.4, 0.5) is 0 Å². The van der Waals surface area contributed by atoms with Gasteiger partial charge in [-0.3, -0.25) is 4.57 Å². The molecular formula is C29H29ClN4. The second-order valence-corrected chi connectivity index (χ2v) is 9.69. The first-order valence-electron chi connectivity index (χ1n) is 12.1. The number of fused-ring (bicyclic) bond motifs is 1. The fourth-order valence-corrected chi connectivity index (χ4v) is 4.93. The molecule has 3 aromatic rings. The number of allylic oxidation sites excluding steroid dienone is 4. The van der Waals surface area contributed by atoms with Crippen LogP contribution in [0.1, 0.15) is 50.3 Å². The van der Waals surface area contributed by atoms with Crippen LogP contribution in [0.3, 0.4) is 0 Å². The van der Waals surface area contributed by atoms with Crippen molar-refractivity contribution >= 4 is 28.1 Å². The van der Waals surface area contributed by atoms with Crippen LogP contribution in [-0.2, 0) is 0 Å². The molecule has 0 bridgehead atoms. The molecule has 0 saturated heterocycles. The van der Waals surface area contributed by atoms with Crippen LogP contribution in [-0.4, -0.2) is 22.1 Å². The van der Waals surface area contributed by atoms with Crippen molar-refractivity contribution in [2.75, 3.05) is 6.54 Å². The van der Waals surface area contributed by atoms with Crippen molar-refractivity contribution in [2.45, 2.75) is 45.1 Å². The molecule has 1 atom stereocenters. The van der Waals surface area contributed by atoms with Gasteiger partial charge in [0.2, 0.25) is 0 Å². The molecule has 4 nitrogen and oxygen atoms in total. The number of hydrogen-bond donors (Lipinski definition) is 1. The van der Waals surface area contributed by atoms with Crippen LogP contribution in [0.2, 0.25) is 5.02 Å². The van der Waals surface area contributed by atoms with E-state index in [4.69, 9.17) is 11.6 Å². The van der Waals surface area contributed by atoms with E-state index >= 15 is 0 Å². The summed E-state index contributed by atoms with van der Waals surface area (Å²) in [5, 5.41) is 15.4. The van der Waals surface area contributed by atoms with E-state index in [1.165, 1.54) is 18.4 Å². The predicted molar refractivity (Wildman–Crippen MR) is 140 cm³/mol. The largest absolute Gasteiger partial charge is 0.310 e. The number of pyridine rings is 1. The van der Waals surface area contributed by atoms with Crippen molar-refractivity contribution in [3.8, 4) is 11.9 Å². The highest BCUT2D eigenvalue weighted by atomic mass is 35.5. The molecule has 1 saturated carbocycles. The molecule has 2 aliphatic carbocycles. The third-order valence-electron chi connectivity index (χ3n) is 6.83. The van der Waals surface area contributed by atoms with E-state index in [9.17, 15) is 5.26 Å². The van der Waals surface area contributed by atoms with Crippen molar-refractivity contribution in [2.24, 2.45) is 5.92 Å². The summed E-state index contributed by atoms with van der Waals surface area (Å²) >= 11 is 6.34. The Kier molecular flexibility index (Phi) is 6.67. The maximum absolute atomic E-state index is 10.2. The Hall–Kier alpha value is -3.13. The van der Waals surface area contributed by atoms with Crippen molar-refractivity contribution < 1.29 is 0 Å². The van der Waals surface area contributed by atoms with Gasteiger partial charge in [0.25, 0.3) is 0 Å². The zero-order valence-electron chi connectivity index (χ0n) is 19.5. The number of nitrogens with one attached hydrogen (secondary N) is 1. The van der Waals surface area contributed by atoms with Crippen LogP contribution in [0, 0.1) is 17.2 Å². The molecule has 0 spiro atoms. The molecule has 1 aromatic carbocycles. The number of aromatic nitrogens is 2. The van der Waals surface area contributed by atoms with Crippen LogP contribution >= 0.6 is 11.6 Å². The first-order valence-corrected chi connectivity index (χ1v) is 12.5. The number of rotatable bonds is 6. The molecule has 34 heavy (non-hydrogen) atoms. The third-order valence-corrected chi connectivity index (χ3v) is 7.06. The first kappa shape index (κ1) is 22.7. The van der Waals surface area contributed by atoms with E-state index < -0.39 is 0 Å². The highest BCUT2D eigenvalue weighted by Crippen LogP contribution is 2.37. The maximum atomic E-state index is 10.2. The van der Waals surface area contributed by atoms with Gasteiger partial charge in [-0.1, -0.05) is 42.0 Å². The second kappa shape index (κ2) is 10.0. The molecule has 1 N–H and O–H groups in total. The average Bonchev–Trinajstić information content (AvgIpc) is 3.64. The molecule has 172 valence electrons. The van der Waals surface area contributed by atoms with Crippen LogP contribution < -0.4 is 5.32 Å². The SMILES string of the molecule is CC(NCC1=CC=C(c2c(C#N)c3cc(Cl)ccc3n2-c2ccccn2)CCCC=C1)C1CC1. The molecule has 1 fully saturated rings. The first-order chi connectivity index (χ1) is 16.7. The van der Waals surface area contributed by atoms with Crippen molar-refractivity contribution in [3.63, 3.8) is 0 Å². The molecule has 0 amide bonds. The smallest absolute Gasteiger partial charge is 0.137 e. The fraction of sp³-hybridized carbons (Fsp3) is 0.310. The number of hydrogen-bond acceptors (Lipinski definition) is 3. The lowest BCUT2D eigenvalue weighted by atomic mass is 10.0. The summed E-state index contributed by atoms with van der Waals surface area (Å²) < 4.78 is 2.11. The van der Waals surface area contributed by atoms with E-state index in [0.29, 0.717) is 16.6 Å². The van der Waals surface area contributed by atoms with E-state index in [1.54, 1.807) is 6.20 Å². The van der Waals surface area contributed by atoms with E-state index in [1.807, 2.05) is 36.4 Å². The monoisotopic (exact) mass is 468 g/mol. The highest BCUT2D eigenvalue weighted by molar-refractivity contribution is 6.31. The Labute approximate surface area is 206 Å². The summed E-state index contributed by atoms with van der Waals surface area (Å²) in [6, 6.07) is 14.7. The molecule has 2 aliphatic rings. The average molecular weight is 469 g/mol. The van der Waals surface area contributed by atoms with Gasteiger partial charge in [-0.15, -0.1) is 0 Å². The summed E-state index contributed by atoms with van der Waals surface area (Å²) in [7, 11) is 0. The Morgan fingerprint density at radius 1 is 1.24 bits per heavy atom. The Balaban J connectivity index is 1.63. The summed E-state index contributed by atoms with van der Waals surface area (Å²) in [4.78, 5) is 4.63. The van der Waals surface area contributed by atoms with E-state index in [-0.39, 0.29) is 0 Å². The fourth-order valence-electron chi connectivity index (χ4n) is 4.75. The van der Waals surface area contributed by atoms with Crippen LogP contribution in [0.25, 0.3) is 22.3 Å². The standard InChI is InChI=1S/C29H29ClN4/c1-20(22-12-13-22)33-19-21-7-3-2-4-8-23(11-10-21)29-26(18-31)25-17-24(30)14-15-27(25)34(29)28-9-5-6-16-32-28/h3,5-7,9-11,14-17,20,22,33H,2,4,8,12-13,19H2,1H3. The molecule has 2 aromatic heterocycles. The van der Waals surface area contributed by atoms with Crippen LogP contribution in [0.5, 0.6) is 0 Å². The molecule has 0 radical (unpaired) electrons. The topological polar surface area (TPSA) is 53.6 Å². The number of nitriles is 1. The van der Waals surface area contributed by atoms with Crippen molar-refractivity contribution in [3.05, 3.63) is 88.8 Å². The predicted octanol–water partition coefficient (Wildman–Crippen LogP) is 6.99. The maximum Gasteiger partial charge on any atom is 0.137 e.